The zero-order valence-corrected chi connectivity index (χ0v) is 19.6. The number of hydrogen-bond donors (Lipinski definition) is 1. The fourth-order valence-electron chi connectivity index (χ4n) is 4.49. The highest BCUT2D eigenvalue weighted by Crippen LogP contribution is 2.25. The average molecular weight is 434 g/mol. The lowest BCUT2D eigenvalue weighted by atomic mass is 9.87. The summed E-state index contributed by atoms with van der Waals surface area (Å²) in [6.45, 7) is 8.30. The van der Waals surface area contributed by atoms with Crippen molar-refractivity contribution in [2.24, 2.45) is 5.92 Å². The number of imidazole rings is 1. The molecule has 2 aromatic carbocycles. The van der Waals surface area contributed by atoms with Crippen LogP contribution in [0.3, 0.4) is 0 Å². The quantitative estimate of drug-likeness (QED) is 0.527. The third kappa shape index (κ3) is 5.32. The number of nitrogens with zero attached hydrogens (tertiary/aromatic N) is 2. The summed E-state index contributed by atoms with van der Waals surface area (Å²) < 4.78 is 8.20. The van der Waals surface area contributed by atoms with Crippen molar-refractivity contribution >= 4 is 16.9 Å². The summed E-state index contributed by atoms with van der Waals surface area (Å²) in [6.07, 6.45) is 5.57. The maximum atomic E-state index is 12.6. The van der Waals surface area contributed by atoms with Gasteiger partial charge in [0, 0.05) is 5.92 Å². The number of ether oxygens (including phenoxy) is 1. The van der Waals surface area contributed by atoms with Crippen LogP contribution < -0.4 is 10.1 Å². The van der Waals surface area contributed by atoms with Crippen LogP contribution in [-0.2, 0) is 23.3 Å². The fraction of sp³-hybridized carbons (Fsp3) is 0.481. The Hall–Kier alpha value is -2.82. The molecule has 32 heavy (non-hydrogen) atoms. The van der Waals surface area contributed by atoms with E-state index in [2.05, 4.69) is 48.9 Å². The lowest BCUT2D eigenvalue weighted by Gasteiger charge is -2.21. The predicted molar refractivity (Wildman–Crippen MR) is 129 cm³/mol. The summed E-state index contributed by atoms with van der Waals surface area (Å²) >= 11 is 0. The predicted octanol–water partition coefficient (Wildman–Crippen LogP) is 5.61. The minimum Gasteiger partial charge on any atom is -0.492 e. The molecular weight excluding hydrogens is 398 g/mol. The van der Waals surface area contributed by atoms with Gasteiger partial charge in [0.15, 0.2) is 0 Å². The Morgan fingerprint density at radius 1 is 1.06 bits per heavy atom. The molecule has 0 unspecified atom stereocenters. The van der Waals surface area contributed by atoms with Crippen molar-refractivity contribution < 1.29 is 9.53 Å². The highest BCUT2D eigenvalue weighted by molar-refractivity contribution is 5.79. The third-order valence-electron chi connectivity index (χ3n) is 6.43. The van der Waals surface area contributed by atoms with Gasteiger partial charge in [0.1, 0.15) is 18.2 Å². The van der Waals surface area contributed by atoms with Crippen molar-refractivity contribution in [2.75, 3.05) is 6.61 Å². The van der Waals surface area contributed by atoms with Crippen LogP contribution in [0.1, 0.15) is 64.3 Å². The van der Waals surface area contributed by atoms with Gasteiger partial charge in [0.2, 0.25) is 5.91 Å². The number of rotatable bonds is 7. The van der Waals surface area contributed by atoms with Crippen molar-refractivity contribution in [3.05, 3.63) is 59.9 Å². The Morgan fingerprint density at radius 2 is 1.78 bits per heavy atom. The summed E-state index contributed by atoms with van der Waals surface area (Å²) in [5, 5.41) is 3.14. The largest absolute Gasteiger partial charge is 0.492 e. The number of benzene rings is 2. The molecular formula is C27H35N3O2. The molecule has 0 saturated heterocycles. The topological polar surface area (TPSA) is 56.1 Å². The number of nitrogens with one attached hydrogen (secondary N) is 1. The molecule has 1 fully saturated rings. The maximum Gasteiger partial charge on any atom is 0.223 e. The van der Waals surface area contributed by atoms with Crippen molar-refractivity contribution in [3.8, 4) is 5.75 Å². The second-order valence-corrected chi connectivity index (χ2v) is 9.84. The van der Waals surface area contributed by atoms with E-state index in [1.54, 1.807) is 0 Å². The first kappa shape index (κ1) is 22.4. The van der Waals surface area contributed by atoms with Crippen molar-refractivity contribution in [2.45, 2.75) is 71.4 Å². The molecule has 3 aromatic rings. The minimum atomic E-state index is 0.130. The molecule has 1 saturated carbocycles. The van der Waals surface area contributed by atoms with Crippen molar-refractivity contribution in [1.82, 2.24) is 14.9 Å². The van der Waals surface area contributed by atoms with Crippen LogP contribution in [0.15, 0.2) is 48.5 Å². The third-order valence-corrected chi connectivity index (χ3v) is 6.43. The zero-order chi connectivity index (χ0) is 22.6. The maximum absolute atomic E-state index is 12.6. The normalized spacial score (nSPS) is 15.1. The molecule has 1 amide bonds. The van der Waals surface area contributed by atoms with Crippen molar-refractivity contribution in [3.63, 3.8) is 0 Å². The van der Waals surface area contributed by atoms with Crippen LogP contribution in [0.5, 0.6) is 5.75 Å². The van der Waals surface area contributed by atoms with Crippen molar-refractivity contribution in [1.29, 1.82) is 0 Å². The molecule has 1 heterocycles. The monoisotopic (exact) mass is 433 g/mol. The molecule has 0 bridgehead atoms. The second-order valence-electron chi connectivity index (χ2n) is 9.84. The number of para-hydroxylation sites is 2. The Bertz CT molecular complexity index is 1040. The van der Waals surface area contributed by atoms with Gasteiger partial charge in [0.05, 0.1) is 24.1 Å². The molecule has 5 nitrogen and oxygen atoms in total. The second kappa shape index (κ2) is 9.76. The van der Waals surface area contributed by atoms with E-state index >= 15 is 0 Å². The summed E-state index contributed by atoms with van der Waals surface area (Å²) in [7, 11) is 0. The van der Waals surface area contributed by atoms with E-state index in [9.17, 15) is 4.79 Å². The molecule has 170 valence electrons. The SMILES string of the molecule is CC(C)(C)c1ccc(OCCn2c(CNC(=O)C3CCCCC3)nc3ccccc32)cc1. The van der Waals surface area contributed by atoms with Gasteiger partial charge in [-0.1, -0.05) is 64.3 Å². The van der Waals surface area contributed by atoms with Crippen LogP contribution in [0, 0.1) is 5.92 Å². The molecule has 5 heteroatoms. The molecule has 1 N–H and O–H groups in total. The summed E-state index contributed by atoms with van der Waals surface area (Å²) in [5.74, 6) is 2.07. The minimum absolute atomic E-state index is 0.130. The number of hydrogen-bond acceptors (Lipinski definition) is 3. The van der Waals surface area contributed by atoms with Gasteiger partial charge >= 0.3 is 0 Å². The highest BCUT2D eigenvalue weighted by Gasteiger charge is 2.21. The zero-order valence-electron chi connectivity index (χ0n) is 19.6. The van der Waals surface area contributed by atoms with Gasteiger partial charge in [-0.2, -0.15) is 0 Å². The molecule has 0 aliphatic heterocycles. The molecule has 0 spiro atoms. The number of aromatic nitrogens is 2. The van der Waals surface area contributed by atoms with Crippen LogP contribution >= 0.6 is 0 Å². The molecule has 1 aliphatic carbocycles. The van der Waals surface area contributed by atoms with Crippen LogP contribution in [0.25, 0.3) is 11.0 Å². The number of amides is 1. The van der Waals surface area contributed by atoms with Gasteiger partial charge < -0.3 is 14.6 Å². The molecule has 4 rings (SSSR count). The van der Waals surface area contributed by atoms with E-state index in [-0.39, 0.29) is 17.2 Å². The fourth-order valence-corrected chi connectivity index (χ4v) is 4.49. The Balaban J connectivity index is 1.41. The average Bonchev–Trinajstić information content (AvgIpc) is 3.15. The van der Waals surface area contributed by atoms with Crippen LogP contribution in [0.4, 0.5) is 0 Å². The van der Waals surface area contributed by atoms with E-state index < -0.39 is 0 Å². The smallest absolute Gasteiger partial charge is 0.223 e. The lowest BCUT2D eigenvalue weighted by Crippen LogP contribution is -2.32. The molecule has 0 atom stereocenters. The van der Waals surface area contributed by atoms with Crippen LogP contribution in [-0.4, -0.2) is 22.1 Å². The van der Waals surface area contributed by atoms with Crippen LogP contribution in [0.2, 0.25) is 0 Å². The van der Waals surface area contributed by atoms with E-state index in [0.29, 0.717) is 19.7 Å². The first-order chi connectivity index (χ1) is 15.4. The van der Waals surface area contributed by atoms with E-state index in [4.69, 9.17) is 9.72 Å². The Morgan fingerprint density at radius 3 is 2.50 bits per heavy atom. The van der Waals surface area contributed by atoms with E-state index in [0.717, 1.165) is 48.3 Å². The van der Waals surface area contributed by atoms with E-state index in [1.165, 1.54) is 12.0 Å². The molecule has 1 aromatic heterocycles. The Labute approximate surface area is 191 Å². The van der Waals surface area contributed by atoms with Gasteiger partial charge in [-0.25, -0.2) is 4.98 Å². The first-order valence-corrected chi connectivity index (χ1v) is 11.9. The summed E-state index contributed by atoms with van der Waals surface area (Å²) in [4.78, 5) is 17.4. The molecule has 1 aliphatic rings. The number of carbonyl (C=O) groups is 1. The van der Waals surface area contributed by atoms with Gasteiger partial charge in [-0.15, -0.1) is 0 Å². The first-order valence-electron chi connectivity index (χ1n) is 11.9. The van der Waals surface area contributed by atoms with Gasteiger partial charge in [-0.05, 0) is 48.1 Å². The number of fused-ring (bicyclic) bond motifs is 1. The van der Waals surface area contributed by atoms with Gasteiger partial charge in [-0.3, -0.25) is 4.79 Å². The number of carbonyl (C=O) groups excluding carboxylic acids is 1. The lowest BCUT2D eigenvalue weighted by molar-refractivity contribution is -0.126. The van der Waals surface area contributed by atoms with E-state index in [1.807, 2.05) is 30.3 Å². The summed E-state index contributed by atoms with van der Waals surface area (Å²) in [5.41, 5.74) is 3.44. The summed E-state index contributed by atoms with van der Waals surface area (Å²) in [6, 6.07) is 16.5. The van der Waals surface area contributed by atoms with Gasteiger partial charge in [0.25, 0.3) is 0 Å². The highest BCUT2D eigenvalue weighted by atomic mass is 16.5. The molecule has 0 radical (unpaired) electrons. The Kier molecular flexibility index (Phi) is 6.83. The standard InChI is InChI=1S/C27H35N3O2/c1-27(2,3)21-13-15-22(16-14-21)32-18-17-30-24-12-8-7-11-23(24)29-25(30)19-28-26(31)20-9-5-4-6-10-20/h7-8,11-16,20H,4-6,9-10,17-19H2,1-3H3,(H,28,31).